The lowest BCUT2D eigenvalue weighted by Gasteiger charge is -2.06. The average molecular weight is 256 g/mol. The van der Waals surface area contributed by atoms with Crippen LogP contribution < -0.4 is 9.30 Å². The third kappa shape index (κ3) is 4.09. The van der Waals surface area contributed by atoms with Crippen molar-refractivity contribution >= 4 is 0 Å². The molecule has 2 aromatic rings. The zero-order chi connectivity index (χ0) is 13.7. The lowest BCUT2D eigenvalue weighted by Crippen LogP contribution is -2.35. The second-order valence-corrected chi connectivity index (χ2v) is 5.19. The molecule has 0 atom stereocenters. The van der Waals surface area contributed by atoms with Gasteiger partial charge in [0, 0.05) is 12.1 Å². The van der Waals surface area contributed by atoms with Crippen molar-refractivity contribution in [1.82, 2.24) is 0 Å². The standard InChI is InChI=1S/C17H22NO/c1-14(2)16-7-9-18(10-8-16)11-12-19-17-6-4-5-15(3)13-17/h4-10,13-14H,11-12H2,1-3H3/q+1. The van der Waals surface area contributed by atoms with Crippen LogP contribution in [0.4, 0.5) is 0 Å². The van der Waals surface area contributed by atoms with E-state index in [0.29, 0.717) is 12.5 Å². The van der Waals surface area contributed by atoms with E-state index >= 15 is 0 Å². The van der Waals surface area contributed by atoms with Gasteiger partial charge >= 0.3 is 0 Å². The van der Waals surface area contributed by atoms with Crippen molar-refractivity contribution in [2.75, 3.05) is 6.61 Å². The van der Waals surface area contributed by atoms with Gasteiger partial charge in [0.15, 0.2) is 18.9 Å². The molecule has 19 heavy (non-hydrogen) atoms. The molecule has 0 saturated carbocycles. The highest BCUT2D eigenvalue weighted by atomic mass is 16.5. The first-order valence-corrected chi connectivity index (χ1v) is 6.83. The number of rotatable bonds is 5. The molecule has 0 radical (unpaired) electrons. The lowest BCUT2D eigenvalue weighted by atomic mass is 10.1. The van der Waals surface area contributed by atoms with Gasteiger partial charge < -0.3 is 4.74 Å². The topological polar surface area (TPSA) is 13.1 Å². The third-order valence-electron chi connectivity index (χ3n) is 3.19. The molecule has 2 rings (SSSR count). The molecule has 0 aliphatic carbocycles. The molecule has 1 aromatic carbocycles. The minimum Gasteiger partial charge on any atom is -0.487 e. The van der Waals surface area contributed by atoms with E-state index in [-0.39, 0.29) is 0 Å². The Kier molecular flexibility index (Phi) is 4.56. The largest absolute Gasteiger partial charge is 0.487 e. The van der Waals surface area contributed by atoms with Crippen molar-refractivity contribution in [1.29, 1.82) is 0 Å². The van der Waals surface area contributed by atoms with Gasteiger partial charge in [-0.25, -0.2) is 4.57 Å². The quantitative estimate of drug-likeness (QED) is 0.746. The van der Waals surface area contributed by atoms with Crippen LogP contribution in [0.15, 0.2) is 48.8 Å². The number of aromatic nitrogens is 1. The normalized spacial score (nSPS) is 10.7. The first kappa shape index (κ1) is 13.6. The molecular formula is C17H22NO+. The highest BCUT2D eigenvalue weighted by Crippen LogP contribution is 2.12. The van der Waals surface area contributed by atoms with Crippen LogP contribution in [0.3, 0.4) is 0 Å². The van der Waals surface area contributed by atoms with E-state index in [9.17, 15) is 0 Å². The maximum absolute atomic E-state index is 5.75. The zero-order valence-electron chi connectivity index (χ0n) is 12.0. The number of pyridine rings is 1. The van der Waals surface area contributed by atoms with Gasteiger partial charge in [-0.1, -0.05) is 26.0 Å². The van der Waals surface area contributed by atoms with Crippen LogP contribution >= 0.6 is 0 Å². The maximum atomic E-state index is 5.75. The SMILES string of the molecule is Cc1cccc(OCC[n+]2ccc(C(C)C)cc2)c1. The van der Waals surface area contributed by atoms with Gasteiger partial charge in [-0.3, -0.25) is 0 Å². The summed E-state index contributed by atoms with van der Waals surface area (Å²) in [6.07, 6.45) is 4.24. The van der Waals surface area contributed by atoms with E-state index in [2.05, 4.69) is 62.0 Å². The van der Waals surface area contributed by atoms with Crippen LogP contribution in [0, 0.1) is 6.92 Å². The molecule has 100 valence electrons. The lowest BCUT2D eigenvalue weighted by molar-refractivity contribution is -0.697. The van der Waals surface area contributed by atoms with Crippen LogP contribution in [0.2, 0.25) is 0 Å². The fourth-order valence-electron chi connectivity index (χ4n) is 1.98. The van der Waals surface area contributed by atoms with Crippen molar-refractivity contribution in [3.63, 3.8) is 0 Å². The monoisotopic (exact) mass is 256 g/mol. The molecule has 0 fully saturated rings. The highest BCUT2D eigenvalue weighted by Gasteiger charge is 2.04. The molecule has 0 unspecified atom stereocenters. The molecule has 1 heterocycles. The zero-order valence-corrected chi connectivity index (χ0v) is 12.0. The van der Waals surface area contributed by atoms with E-state index in [1.165, 1.54) is 11.1 Å². The first-order valence-electron chi connectivity index (χ1n) is 6.83. The second-order valence-electron chi connectivity index (χ2n) is 5.19. The third-order valence-corrected chi connectivity index (χ3v) is 3.19. The predicted molar refractivity (Wildman–Crippen MR) is 77.4 cm³/mol. The predicted octanol–water partition coefficient (Wildman–Crippen LogP) is 3.48. The number of hydrogen-bond acceptors (Lipinski definition) is 1. The van der Waals surface area contributed by atoms with Crippen molar-refractivity contribution in [3.05, 3.63) is 59.9 Å². The smallest absolute Gasteiger partial charge is 0.182 e. The van der Waals surface area contributed by atoms with E-state index < -0.39 is 0 Å². The molecule has 0 amide bonds. The fraction of sp³-hybridized carbons (Fsp3) is 0.353. The molecule has 0 aliphatic rings. The van der Waals surface area contributed by atoms with Crippen molar-refractivity contribution < 1.29 is 9.30 Å². The van der Waals surface area contributed by atoms with Crippen molar-refractivity contribution in [2.45, 2.75) is 33.2 Å². The molecule has 0 bridgehead atoms. The molecule has 0 N–H and O–H groups in total. The highest BCUT2D eigenvalue weighted by molar-refractivity contribution is 5.27. The van der Waals surface area contributed by atoms with E-state index in [1.807, 2.05) is 12.1 Å². The number of aryl methyl sites for hydroxylation is 1. The van der Waals surface area contributed by atoms with Crippen LogP contribution in [0.5, 0.6) is 5.75 Å². The minimum atomic E-state index is 0.582. The molecule has 2 heteroatoms. The first-order chi connectivity index (χ1) is 9.15. The number of nitrogens with zero attached hydrogens (tertiary/aromatic N) is 1. The summed E-state index contributed by atoms with van der Waals surface area (Å²) in [6.45, 7) is 8.05. The van der Waals surface area contributed by atoms with Crippen molar-refractivity contribution in [3.8, 4) is 5.75 Å². The Morgan fingerprint density at radius 1 is 1.11 bits per heavy atom. The van der Waals surface area contributed by atoms with E-state index in [0.717, 1.165) is 12.3 Å². The summed E-state index contributed by atoms with van der Waals surface area (Å²) in [5.41, 5.74) is 2.60. The fourth-order valence-corrected chi connectivity index (χ4v) is 1.98. The Morgan fingerprint density at radius 3 is 2.47 bits per heavy atom. The van der Waals surface area contributed by atoms with Gasteiger partial charge in [-0.15, -0.1) is 0 Å². The summed E-state index contributed by atoms with van der Waals surface area (Å²) in [4.78, 5) is 0. The Hall–Kier alpha value is -1.83. The number of benzene rings is 1. The molecule has 0 spiro atoms. The maximum Gasteiger partial charge on any atom is 0.182 e. The van der Waals surface area contributed by atoms with Crippen LogP contribution in [0.1, 0.15) is 30.9 Å². The molecule has 2 nitrogen and oxygen atoms in total. The Labute approximate surface area is 115 Å². The summed E-state index contributed by atoms with van der Waals surface area (Å²) in [5.74, 6) is 1.53. The molecule has 1 aromatic heterocycles. The van der Waals surface area contributed by atoms with Gasteiger partial charge in [0.2, 0.25) is 0 Å². The van der Waals surface area contributed by atoms with Gasteiger partial charge in [0.25, 0.3) is 0 Å². The minimum absolute atomic E-state index is 0.582. The molecule has 0 aliphatic heterocycles. The second kappa shape index (κ2) is 6.37. The summed E-state index contributed by atoms with van der Waals surface area (Å²) in [5, 5.41) is 0. The average Bonchev–Trinajstić information content (AvgIpc) is 2.39. The summed E-state index contributed by atoms with van der Waals surface area (Å²) < 4.78 is 7.90. The number of ether oxygens (including phenoxy) is 1. The van der Waals surface area contributed by atoms with E-state index in [4.69, 9.17) is 4.74 Å². The number of hydrogen-bond donors (Lipinski definition) is 0. The van der Waals surface area contributed by atoms with Gasteiger partial charge in [0.05, 0.1) is 0 Å². The van der Waals surface area contributed by atoms with Crippen LogP contribution in [-0.2, 0) is 6.54 Å². The van der Waals surface area contributed by atoms with Crippen molar-refractivity contribution in [2.24, 2.45) is 0 Å². The van der Waals surface area contributed by atoms with Gasteiger partial charge in [-0.05, 0) is 36.1 Å². The van der Waals surface area contributed by atoms with Gasteiger partial charge in [0.1, 0.15) is 12.4 Å². The van der Waals surface area contributed by atoms with E-state index in [1.54, 1.807) is 0 Å². The Bertz CT molecular complexity index is 517. The van der Waals surface area contributed by atoms with Crippen LogP contribution in [0.25, 0.3) is 0 Å². The molecular weight excluding hydrogens is 234 g/mol. The summed E-state index contributed by atoms with van der Waals surface area (Å²) in [6, 6.07) is 12.5. The Balaban J connectivity index is 1.85. The molecule has 0 saturated heterocycles. The Morgan fingerprint density at radius 2 is 1.84 bits per heavy atom. The van der Waals surface area contributed by atoms with Gasteiger partial charge in [-0.2, -0.15) is 0 Å². The summed E-state index contributed by atoms with van der Waals surface area (Å²) in [7, 11) is 0. The summed E-state index contributed by atoms with van der Waals surface area (Å²) >= 11 is 0. The van der Waals surface area contributed by atoms with Crippen LogP contribution in [-0.4, -0.2) is 6.61 Å².